The summed E-state index contributed by atoms with van der Waals surface area (Å²) in [5.74, 6) is -0.0531. The predicted molar refractivity (Wildman–Crippen MR) is 58.4 cm³/mol. The van der Waals surface area contributed by atoms with E-state index in [9.17, 15) is 4.79 Å². The first kappa shape index (κ1) is 10.0. The van der Waals surface area contributed by atoms with Gasteiger partial charge in [0.2, 0.25) is 0 Å². The molecule has 1 heterocycles. The van der Waals surface area contributed by atoms with E-state index < -0.39 is 5.92 Å². The minimum atomic E-state index is -0.505. The Labute approximate surface area is 91.2 Å². The van der Waals surface area contributed by atoms with Crippen molar-refractivity contribution in [2.24, 2.45) is 16.8 Å². The van der Waals surface area contributed by atoms with Crippen LogP contribution in [0.2, 0.25) is 0 Å². The number of rotatable bonds is 1. The normalized spacial score (nSPS) is 21.2. The van der Waals surface area contributed by atoms with Crippen molar-refractivity contribution in [3.63, 3.8) is 0 Å². The minimum absolute atomic E-state index is 0.0120. The van der Waals surface area contributed by atoms with Gasteiger partial charge in [0.05, 0.1) is 5.92 Å². The summed E-state index contributed by atoms with van der Waals surface area (Å²) in [5, 5.41) is 11.5. The summed E-state index contributed by atoms with van der Waals surface area (Å²) in [6, 6.07) is 7.37. The first-order valence-electron chi connectivity index (χ1n) is 4.47. The van der Waals surface area contributed by atoms with Crippen LogP contribution in [0, 0.1) is 5.92 Å². The Morgan fingerprint density at radius 3 is 3.00 bits per heavy atom. The maximum atomic E-state index is 11.9. The topological polar surface area (TPSA) is 75.7 Å². The number of thioether (sulfide) groups is 1. The summed E-state index contributed by atoms with van der Waals surface area (Å²) < 4.78 is 0. The molecule has 3 N–H and O–H groups in total. The average Bonchev–Trinajstić information content (AvgIpc) is 2.29. The molecular weight excluding hydrogens is 212 g/mol. The van der Waals surface area contributed by atoms with Gasteiger partial charge in [-0.15, -0.1) is 11.8 Å². The lowest BCUT2D eigenvalue weighted by molar-refractivity contribution is 0.0956. The largest absolute Gasteiger partial charge is 0.409 e. The number of fused-ring (bicyclic) bond motifs is 1. The van der Waals surface area contributed by atoms with Crippen molar-refractivity contribution in [1.29, 1.82) is 0 Å². The zero-order valence-electron chi connectivity index (χ0n) is 7.88. The Bertz CT molecular complexity index is 431. The highest BCUT2D eigenvalue weighted by molar-refractivity contribution is 7.99. The highest BCUT2D eigenvalue weighted by atomic mass is 32.2. The van der Waals surface area contributed by atoms with Gasteiger partial charge in [-0.25, -0.2) is 0 Å². The van der Waals surface area contributed by atoms with Crippen LogP contribution in [0.15, 0.2) is 34.3 Å². The lowest BCUT2D eigenvalue weighted by Crippen LogP contribution is -2.34. The van der Waals surface area contributed by atoms with Crippen molar-refractivity contribution in [2.45, 2.75) is 4.90 Å². The molecule has 1 aliphatic rings. The van der Waals surface area contributed by atoms with Crippen LogP contribution in [0.25, 0.3) is 0 Å². The second-order valence-corrected chi connectivity index (χ2v) is 4.31. The highest BCUT2D eigenvalue weighted by Crippen LogP contribution is 2.32. The molecule has 0 saturated carbocycles. The molecule has 0 aliphatic carbocycles. The molecule has 4 nitrogen and oxygen atoms in total. The number of amidine groups is 1. The van der Waals surface area contributed by atoms with E-state index in [2.05, 4.69) is 5.16 Å². The van der Waals surface area contributed by atoms with Crippen LogP contribution in [0.4, 0.5) is 0 Å². The van der Waals surface area contributed by atoms with Crippen molar-refractivity contribution in [3.05, 3.63) is 29.8 Å². The smallest absolute Gasteiger partial charge is 0.175 e. The molecule has 1 atom stereocenters. The number of carbonyl (C=O) groups is 1. The Morgan fingerprint density at radius 2 is 2.27 bits per heavy atom. The molecular formula is C10H10N2O2S. The predicted octanol–water partition coefficient (Wildman–Crippen LogP) is 1.34. The molecule has 0 radical (unpaired) electrons. The summed E-state index contributed by atoms with van der Waals surface area (Å²) in [6.07, 6.45) is 0. The number of hydrogen-bond acceptors (Lipinski definition) is 4. The Hall–Kier alpha value is -1.49. The molecule has 0 fully saturated rings. The maximum Gasteiger partial charge on any atom is 0.175 e. The molecule has 0 aromatic heterocycles. The van der Waals surface area contributed by atoms with Gasteiger partial charge in [-0.3, -0.25) is 4.79 Å². The first-order valence-corrected chi connectivity index (χ1v) is 5.46. The van der Waals surface area contributed by atoms with Gasteiger partial charge in [0.25, 0.3) is 0 Å². The lowest BCUT2D eigenvalue weighted by Gasteiger charge is -2.21. The third kappa shape index (κ3) is 1.70. The Morgan fingerprint density at radius 1 is 1.53 bits per heavy atom. The van der Waals surface area contributed by atoms with Crippen molar-refractivity contribution >= 4 is 23.4 Å². The minimum Gasteiger partial charge on any atom is -0.409 e. The zero-order chi connectivity index (χ0) is 10.8. The van der Waals surface area contributed by atoms with E-state index in [1.165, 1.54) is 0 Å². The van der Waals surface area contributed by atoms with Gasteiger partial charge in [-0.1, -0.05) is 23.4 Å². The number of hydrogen-bond donors (Lipinski definition) is 2. The second-order valence-electron chi connectivity index (χ2n) is 3.25. The van der Waals surface area contributed by atoms with Crippen LogP contribution in [-0.4, -0.2) is 22.6 Å². The van der Waals surface area contributed by atoms with Crippen molar-refractivity contribution in [1.82, 2.24) is 0 Å². The number of Topliss-reactive ketones (excluding diaryl/α,β-unsaturated/α-hetero) is 1. The van der Waals surface area contributed by atoms with E-state index in [4.69, 9.17) is 10.9 Å². The zero-order valence-corrected chi connectivity index (χ0v) is 8.70. The lowest BCUT2D eigenvalue weighted by atomic mass is 9.98. The SMILES string of the molecule is N/C(=N/O)[C@@H]1CSc2ccccc2C1=O. The van der Waals surface area contributed by atoms with Crippen LogP contribution >= 0.6 is 11.8 Å². The van der Waals surface area contributed by atoms with E-state index in [1.54, 1.807) is 17.8 Å². The second kappa shape index (κ2) is 3.94. The standard InChI is InChI=1S/C10H10N2O2S/c11-10(12-14)7-5-15-8-4-2-1-3-6(8)9(7)13/h1-4,7,14H,5H2,(H2,11,12)/t7-/m1/s1. The maximum absolute atomic E-state index is 11.9. The van der Waals surface area contributed by atoms with Gasteiger partial charge in [0, 0.05) is 16.2 Å². The average molecular weight is 222 g/mol. The fourth-order valence-corrected chi connectivity index (χ4v) is 2.69. The van der Waals surface area contributed by atoms with Gasteiger partial charge in [-0.2, -0.15) is 0 Å². The Balaban J connectivity index is 2.38. The number of carbonyl (C=O) groups excluding carboxylic acids is 1. The van der Waals surface area contributed by atoms with Crippen LogP contribution < -0.4 is 5.73 Å². The number of nitrogens with two attached hydrogens (primary N) is 1. The molecule has 2 rings (SSSR count). The third-order valence-electron chi connectivity index (χ3n) is 2.35. The fourth-order valence-electron chi connectivity index (χ4n) is 1.52. The molecule has 1 aromatic carbocycles. The molecule has 1 aliphatic heterocycles. The monoisotopic (exact) mass is 222 g/mol. The van der Waals surface area contributed by atoms with Gasteiger partial charge in [0.15, 0.2) is 11.6 Å². The summed E-state index contributed by atoms with van der Waals surface area (Å²) in [4.78, 5) is 12.9. The third-order valence-corrected chi connectivity index (χ3v) is 3.51. The van der Waals surface area contributed by atoms with Crippen LogP contribution in [0.5, 0.6) is 0 Å². The van der Waals surface area contributed by atoms with E-state index in [0.717, 1.165) is 4.90 Å². The van der Waals surface area contributed by atoms with E-state index in [0.29, 0.717) is 11.3 Å². The van der Waals surface area contributed by atoms with Crippen molar-refractivity contribution in [2.75, 3.05) is 5.75 Å². The van der Waals surface area contributed by atoms with Crippen LogP contribution in [0.1, 0.15) is 10.4 Å². The molecule has 1 aromatic rings. The van der Waals surface area contributed by atoms with Crippen molar-refractivity contribution < 1.29 is 10.0 Å². The quantitative estimate of drug-likeness (QED) is 0.325. The molecule has 78 valence electrons. The summed E-state index contributed by atoms with van der Waals surface area (Å²) in [7, 11) is 0. The molecule has 5 heteroatoms. The van der Waals surface area contributed by atoms with E-state index >= 15 is 0 Å². The number of oxime groups is 1. The molecule has 0 amide bonds. The highest BCUT2D eigenvalue weighted by Gasteiger charge is 2.30. The van der Waals surface area contributed by atoms with Gasteiger partial charge in [-0.05, 0) is 6.07 Å². The number of ketones is 1. The van der Waals surface area contributed by atoms with Crippen LogP contribution in [0.3, 0.4) is 0 Å². The van der Waals surface area contributed by atoms with Crippen molar-refractivity contribution in [3.8, 4) is 0 Å². The summed E-state index contributed by atoms with van der Waals surface area (Å²) >= 11 is 1.55. The van der Waals surface area contributed by atoms with Gasteiger partial charge >= 0.3 is 0 Å². The number of benzene rings is 1. The van der Waals surface area contributed by atoms with Crippen LogP contribution in [-0.2, 0) is 0 Å². The molecule has 0 spiro atoms. The summed E-state index contributed by atoms with van der Waals surface area (Å²) in [6.45, 7) is 0. The van der Waals surface area contributed by atoms with Gasteiger partial charge < -0.3 is 10.9 Å². The molecule has 0 unspecified atom stereocenters. The fraction of sp³-hybridized carbons (Fsp3) is 0.200. The van der Waals surface area contributed by atoms with Gasteiger partial charge in [0.1, 0.15) is 0 Å². The molecule has 15 heavy (non-hydrogen) atoms. The van der Waals surface area contributed by atoms with E-state index in [-0.39, 0.29) is 11.6 Å². The first-order chi connectivity index (χ1) is 7.24. The number of nitrogens with zero attached hydrogens (tertiary/aromatic N) is 1. The Kier molecular flexibility index (Phi) is 2.64. The molecule has 0 saturated heterocycles. The molecule has 0 bridgehead atoms. The summed E-state index contributed by atoms with van der Waals surface area (Å²) in [5.41, 5.74) is 6.12. The van der Waals surface area contributed by atoms with E-state index in [1.807, 2.05) is 18.2 Å².